The number of fused-ring (bicyclic) bond motifs is 1. The van der Waals surface area contributed by atoms with Crippen molar-refractivity contribution in [3.05, 3.63) is 29.3 Å². The molecule has 0 saturated heterocycles. The smallest absolute Gasteiger partial charge is 0.0352 e. The summed E-state index contributed by atoms with van der Waals surface area (Å²) in [5.74, 6) is 1.27. The summed E-state index contributed by atoms with van der Waals surface area (Å²) < 4.78 is 0. The van der Waals surface area contributed by atoms with Crippen molar-refractivity contribution in [2.75, 3.05) is 5.73 Å². The highest BCUT2D eigenvalue weighted by Gasteiger charge is 2.36. The van der Waals surface area contributed by atoms with Gasteiger partial charge in [0.2, 0.25) is 0 Å². The summed E-state index contributed by atoms with van der Waals surface area (Å²) in [6.45, 7) is 9.26. The standard InChI is InChI=1S/C14H21N/c1-9-8-11(14(2,3)4)10-6-5-7-12(15)13(9)10/h5-7,9,11H,8,15H2,1-4H3/t9-,11+/m1/s1. The Morgan fingerprint density at radius 3 is 2.53 bits per heavy atom. The van der Waals surface area contributed by atoms with Gasteiger partial charge in [0, 0.05) is 5.69 Å². The van der Waals surface area contributed by atoms with Crippen molar-refractivity contribution in [2.45, 2.75) is 46.0 Å². The first kappa shape index (κ1) is 10.5. The van der Waals surface area contributed by atoms with Gasteiger partial charge < -0.3 is 5.73 Å². The van der Waals surface area contributed by atoms with E-state index in [2.05, 4.69) is 39.8 Å². The zero-order valence-electron chi connectivity index (χ0n) is 10.2. The molecule has 1 aliphatic carbocycles. The second-order valence-electron chi connectivity index (χ2n) is 5.91. The SMILES string of the molecule is C[C@@H]1C[C@H](C(C)(C)C)c2cccc(N)c21. The minimum Gasteiger partial charge on any atom is -0.398 e. The topological polar surface area (TPSA) is 26.0 Å². The Kier molecular flexibility index (Phi) is 2.29. The van der Waals surface area contributed by atoms with Crippen LogP contribution in [0.25, 0.3) is 0 Å². The fraction of sp³-hybridized carbons (Fsp3) is 0.571. The molecule has 0 heterocycles. The van der Waals surface area contributed by atoms with E-state index >= 15 is 0 Å². The summed E-state index contributed by atoms with van der Waals surface area (Å²) in [4.78, 5) is 0. The van der Waals surface area contributed by atoms with Crippen molar-refractivity contribution in [2.24, 2.45) is 5.41 Å². The third kappa shape index (κ3) is 1.64. The van der Waals surface area contributed by atoms with Gasteiger partial charge in [-0.05, 0) is 40.9 Å². The number of benzene rings is 1. The van der Waals surface area contributed by atoms with E-state index in [0.29, 0.717) is 17.3 Å². The third-order valence-electron chi connectivity index (χ3n) is 3.68. The zero-order chi connectivity index (χ0) is 11.2. The maximum absolute atomic E-state index is 6.07. The maximum Gasteiger partial charge on any atom is 0.0352 e. The van der Waals surface area contributed by atoms with Crippen molar-refractivity contribution in [3.8, 4) is 0 Å². The maximum atomic E-state index is 6.07. The molecule has 0 aromatic heterocycles. The highest BCUT2D eigenvalue weighted by atomic mass is 14.6. The van der Waals surface area contributed by atoms with Crippen LogP contribution in [-0.2, 0) is 0 Å². The molecule has 1 heteroatoms. The van der Waals surface area contributed by atoms with Crippen LogP contribution in [-0.4, -0.2) is 0 Å². The first-order valence-corrected chi connectivity index (χ1v) is 5.79. The van der Waals surface area contributed by atoms with Crippen LogP contribution in [0.4, 0.5) is 5.69 Å². The largest absolute Gasteiger partial charge is 0.398 e. The lowest BCUT2D eigenvalue weighted by molar-refractivity contribution is 0.311. The molecular weight excluding hydrogens is 182 g/mol. The lowest BCUT2D eigenvalue weighted by Gasteiger charge is -2.28. The molecule has 2 atom stereocenters. The fourth-order valence-electron chi connectivity index (χ4n) is 2.89. The molecule has 1 nitrogen and oxygen atoms in total. The first-order chi connectivity index (χ1) is 6.91. The lowest BCUT2D eigenvalue weighted by Crippen LogP contribution is -2.15. The molecule has 0 bridgehead atoms. The number of hydrogen-bond acceptors (Lipinski definition) is 1. The molecule has 2 rings (SSSR count). The normalized spacial score (nSPS) is 25.3. The average Bonchev–Trinajstić information content (AvgIpc) is 2.44. The molecule has 0 saturated carbocycles. The van der Waals surface area contributed by atoms with E-state index in [1.807, 2.05) is 6.07 Å². The predicted octanol–water partition coefficient (Wildman–Crippen LogP) is 3.91. The molecule has 15 heavy (non-hydrogen) atoms. The average molecular weight is 203 g/mol. The van der Waals surface area contributed by atoms with Crippen LogP contribution in [0, 0.1) is 5.41 Å². The second kappa shape index (κ2) is 3.26. The van der Waals surface area contributed by atoms with Gasteiger partial charge >= 0.3 is 0 Å². The van der Waals surface area contributed by atoms with Crippen molar-refractivity contribution < 1.29 is 0 Å². The molecule has 0 amide bonds. The number of anilines is 1. The molecular formula is C14H21N. The Morgan fingerprint density at radius 1 is 1.27 bits per heavy atom. The number of nitrogen functional groups attached to an aromatic ring is 1. The van der Waals surface area contributed by atoms with Gasteiger partial charge in [-0.3, -0.25) is 0 Å². The van der Waals surface area contributed by atoms with Crippen molar-refractivity contribution in [1.29, 1.82) is 0 Å². The van der Waals surface area contributed by atoms with E-state index in [-0.39, 0.29) is 0 Å². The Balaban J connectivity index is 2.52. The molecule has 0 spiro atoms. The highest BCUT2D eigenvalue weighted by molar-refractivity contribution is 5.56. The quantitative estimate of drug-likeness (QED) is 0.636. The number of hydrogen-bond donors (Lipinski definition) is 1. The van der Waals surface area contributed by atoms with Gasteiger partial charge in [-0.1, -0.05) is 39.8 Å². The predicted molar refractivity (Wildman–Crippen MR) is 66.1 cm³/mol. The number of rotatable bonds is 0. The van der Waals surface area contributed by atoms with Crippen LogP contribution in [0.2, 0.25) is 0 Å². The summed E-state index contributed by atoms with van der Waals surface area (Å²) in [6, 6.07) is 6.37. The van der Waals surface area contributed by atoms with Crippen LogP contribution in [0.5, 0.6) is 0 Å². The molecule has 1 aliphatic rings. The van der Waals surface area contributed by atoms with E-state index in [1.54, 1.807) is 0 Å². The van der Waals surface area contributed by atoms with Crippen molar-refractivity contribution in [1.82, 2.24) is 0 Å². The van der Waals surface area contributed by atoms with Crippen LogP contribution >= 0.6 is 0 Å². The number of nitrogens with two attached hydrogens (primary N) is 1. The second-order valence-corrected chi connectivity index (χ2v) is 5.91. The van der Waals surface area contributed by atoms with E-state index in [4.69, 9.17) is 5.73 Å². The van der Waals surface area contributed by atoms with Crippen LogP contribution in [0.15, 0.2) is 18.2 Å². The van der Waals surface area contributed by atoms with Gasteiger partial charge in [-0.25, -0.2) is 0 Å². The summed E-state index contributed by atoms with van der Waals surface area (Å²) in [5.41, 5.74) is 10.3. The summed E-state index contributed by atoms with van der Waals surface area (Å²) in [7, 11) is 0. The molecule has 82 valence electrons. The molecule has 0 aliphatic heterocycles. The molecule has 1 aromatic carbocycles. The van der Waals surface area contributed by atoms with Gasteiger partial charge in [0.25, 0.3) is 0 Å². The Bertz CT molecular complexity index is 373. The first-order valence-electron chi connectivity index (χ1n) is 5.79. The Labute approximate surface area is 92.7 Å². The summed E-state index contributed by atoms with van der Waals surface area (Å²) in [5, 5.41) is 0. The van der Waals surface area contributed by atoms with E-state index in [9.17, 15) is 0 Å². The minimum atomic E-state index is 0.341. The van der Waals surface area contributed by atoms with Gasteiger partial charge in [-0.2, -0.15) is 0 Å². The summed E-state index contributed by atoms with van der Waals surface area (Å²) >= 11 is 0. The van der Waals surface area contributed by atoms with Gasteiger partial charge in [-0.15, -0.1) is 0 Å². The highest BCUT2D eigenvalue weighted by Crippen LogP contribution is 2.51. The Hall–Kier alpha value is -0.980. The molecule has 2 N–H and O–H groups in total. The van der Waals surface area contributed by atoms with E-state index in [1.165, 1.54) is 17.5 Å². The molecule has 0 fully saturated rings. The van der Waals surface area contributed by atoms with Gasteiger partial charge in [0.15, 0.2) is 0 Å². The van der Waals surface area contributed by atoms with Gasteiger partial charge in [0.1, 0.15) is 0 Å². The zero-order valence-corrected chi connectivity index (χ0v) is 10.2. The van der Waals surface area contributed by atoms with Crippen LogP contribution in [0.3, 0.4) is 0 Å². The lowest BCUT2D eigenvalue weighted by atomic mass is 9.77. The summed E-state index contributed by atoms with van der Waals surface area (Å²) in [6.07, 6.45) is 1.24. The minimum absolute atomic E-state index is 0.341. The molecule has 0 radical (unpaired) electrons. The molecule has 1 aromatic rings. The fourth-order valence-corrected chi connectivity index (χ4v) is 2.89. The van der Waals surface area contributed by atoms with Crippen molar-refractivity contribution >= 4 is 5.69 Å². The van der Waals surface area contributed by atoms with E-state index in [0.717, 1.165) is 5.69 Å². The van der Waals surface area contributed by atoms with Crippen LogP contribution < -0.4 is 5.73 Å². The van der Waals surface area contributed by atoms with E-state index < -0.39 is 0 Å². The third-order valence-corrected chi connectivity index (χ3v) is 3.68. The van der Waals surface area contributed by atoms with Crippen molar-refractivity contribution in [3.63, 3.8) is 0 Å². The Morgan fingerprint density at radius 2 is 1.93 bits per heavy atom. The van der Waals surface area contributed by atoms with Gasteiger partial charge in [0.05, 0.1) is 0 Å². The molecule has 0 unspecified atom stereocenters. The monoisotopic (exact) mass is 203 g/mol. The van der Waals surface area contributed by atoms with Crippen LogP contribution in [0.1, 0.15) is 57.1 Å².